The van der Waals surface area contributed by atoms with Crippen LogP contribution in [0.25, 0.3) is 0 Å². The molecule has 1 amide bonds. The Morgan fingerprint density at radius 3 is 2.59 bits per heavy atom. The number of amides is 1. The summed E-state index contributed by atoms with van der Waals surface area (Å²) in [5.74, 6) is -5.32. The number of hydrogen-bond donors (Lipinski definition) is 1. The normalized spacial score (nSPS) is 16.4. The van der Waals surface area contributed by atoms with Gasteiger partial charge in [-0.25, -0.2) is 23.0 Å². The van der Waals surface area contributed by atoms with Gasteiger partial charge in [-0.05, 0) is 15.9 Å². The maximum absolute atomic E-state index is 13.6. The van der Waals surface area contributed by atoms with Crippen LogP contribution in [0, 0.1) is 17.5 Å². The maximum atomic E-state index is 13.6. The first-order valence-corrected chi connectivity index (χ1v) is 8.92. The minimum atomic E-state index is -2.44. The van der Waals surface area contributed by atoms with Crippen molar-refractivity contribution in [2.45, 2.75) is 0 Å². The second-order valence-corrected chi connectivity index (χ2v) is 7.86. The Bertz CT molecular complexity index is 859. The van der Waals surface area contributed by atoms with Gasteiger partial charge in [-0.15, -0.1) is 0 Å². The molecule has 1 N–H and O–H groups in total. The molecule has 1 atom stereocenters. The van der Waals surface area contributed by atoms with Crippen molar-refractivity contribution < 1.29 is 31.1 Å². The molecular formula is C10H4BrF3N2O4S2. The van der Waals surface area contributed by atoms with Crippen molar-refractivity contribution in [2.75, 3.05) is 0 Å². The zero-order valence-corrected chi connectivity index (χ0v) is 13.4. The summed E-state index contributed by atoms with van der Waals surface area (Å²) in [6.07, 6.45) is -1.32. The second kappa shape index (κ2) is 6.62. The van der Waals surface area contributed by atoms with E-state index in [0.717, 1.165) is 11.0 Å². The molecule has 1 aromatic carbocycles. The molecule has 0 saturated carbocycles. The zero-order chi connectivity index (χ0) is 16.4. The van der Waals surface area contributed by atoms with E-state index in [9.17, 15) is 26.4 Å². The van der Waals surface area contributed by atoms with Crippen LogP contribution in [-0.4, -0.2) is 20.1 Å². The summed E-state index contributed by atoms with van der Waals surface area (Å²) in [4.78, 5) is 15.1. The molecule has 0 saturated heterocycles. The standard InChI is InChI=1S/C10H4BrF3N2O4S2/c11-7-4(12)1-5(13)9(8(7)14)20-10(17)16-6-2-21(3-15-6)22(18)19/h1-3H,(H,16,17). The van der Waals surface area contributed by atoms with E-state index in [1.54, 1.807) is 0 Å². The number of nitrogens with one attached hydrogen (secondary N) is 1. The van der Waals surface area contributed by atoms with Gasteiger partial charge in [0.1, 0.15) is 11.6 Å². The summed E-state index contributed by atoms with van der Waals surface area (Å²) < 4.78 is 65.1. The Kier molecular flexibility index (Phi) is 5.03. The summed E-state index contributed by atoms with van der Waals surface area (Å²) in [6.45, 7) is 0. The first-order chi connectivity index (χ1) is 10.3. The van der Waals surface area contributed by atoms with Gasteiger partial charge >= 0.3 is 6.09 Å². The molecule has 0 spiro atoms. The van der Waals surface area contributed by atoms with Crippen LogP contribution in [0.4, 0.5) is 18.0 Å². The number of halogens is 4. The van der Waals surface area contributed by atoms with Gasteiger partial charge in [0.15, 0.2) is 11.6 Å². The molecule has 2 rings (SSSR count). The van der Waals surface area contributed by atoms with Gasteiger partial charge < -0.3 is 4.74 Å². The molecule has 1 unspecified atom stereocenters. The quantitative estimate of drug-likeness (QED) is 0.591. The highest BCUT2D eigenvalue weighted by Crippen LogP contribution is 2.30. The minimum Gasteiger partial charge on any atom is -0.404 e. The topological polar surface area (TPSA) is 84.8 Å². The average Bonchev–Trinajstić information content (AvgIpc) is 2.90. The van der Waals surface area contributed by atoms with Gasteiger partial charge in [0.05, 0.1) is 10.0 Å². The van der Waals surface area contributed by atoms with Gasteiger partial charge in [0, 0.05) is 20.9 Å². The van der Waals surface area contributed by atoms with Gasteiger partial charge in [-0.1, -0.05) is 0 Å². The van der Waals surface area contributed by atoms with Crippen molar-refractivity contribution in [3.63, 3.8) is 0 Å². The summed E-state index contributed by atoms with van der Waals surface area (Å²) >= 11 is 2.54. The maximum Gasteiger partial charge on any atom is 0.418 e. The predicted molar refractivity (Wildman–Crippen MR) is 76.0 cm³/mol. The van der Waals surface area contributed by atoms with Crippen LogP contribution < -0.4 is 10.1 Å². The highest BCUT2D eigenvalue weighted by atomic mass is 79.9. The van der Waals surface area contributed by atoms with Gasteiger partial charge in [0.2, 0.25) is 15.0 Å². The van der Waals surface area contributed by atoms with E-state index in [4.69, 9.17) is 0 Å². The number of carbonyl (C=O) groups is 1. The van der Waals surface area contributed by atoms with E-state index < -0.39 is 52.5 Å². The summed E-state index contributed by atoms with van der Waals surface area (Å²) in [7, 11) is -3.74. The molecule has 12 heteroatoms. The van der Waals surface area contributed by atoms with E-state index in [1.807, 2.05) is 5.32 Å². The lowest BCUT2D eigenvalue weighted by Gasteiger charge is -2.08. The number of aliphatic imine (C=N–C) groups is 1. The first kappa shape index (κ1) is 16.7. The smallest absolute Gasteiger partial charge is 0.404 e. The number of carbonyl (C=O) groups excluding carboxylic acids is 1. The lowest BCUT2D eigenvalue weighted by atomic mass is 10.3. The molecule has 1 aromatic rings. The second-order valence-electron chi connectivity index (χ2n) is 3.58. The average molecular weight is 417 g/mol. The molecule has 0 bridgehead atoms. The molecule has 1 aliphatic rings. The SMILES string of the molecule is O=C(NC1=CS(=S(=O)=O)C=N1)Oc1c(F)cc(F)c(Br)c1F. The first-order valence-electron chi connectivity index (χ1n) is 5.19. The fourth-order valence-electron chi connectivity index (χ4n) is 1.28. The third kappa shape index (κ3) is 3.56. The number of hydrogen-bond acceptors (Lipinski definition) is 5. The molecule has 0 aliphatic carbocycles. The molecule has 1 aliphatic heterocycles. The Hall–Kier alpha value is -1.66. The van der Waals surface area contributed by atoms with Crippen molar-refractivity contribution in [1.82, 2.24) is 5.32 Å². The zero-order valence-electron chi connectivity index (χ0n) is 10.1. The van der Waals surface area contributed by atoms with Crippen LogP contribution >= 0.6 is 15.9 Å². The summed E-state index contributed by atoms with van der Waals surface area (Å²) in [5, 5.41) is 3.10. The van der Waals surface area contributed by atoms with Crippen LogP contribution in [-0.2, 0) is 18.7 Å². The van der Waals surface area contributed by atoms with E-state index in [1.165, 1.54) is 0 Å². The fraction of sp³-hybridized carbons (Fsp3) is 0. The van der Waals surface area contributed by atoms with E-state index in [2.05, 4.69) is 25.7 Å². The third-order valence-electron chi connectivity index (χ3n) is 2.18. The molecule has 22 heavy (non-hydrogen) atoms. The molecule has 0 radical (unpaired) electrons. The predicted octanol–water partition coefficient (Wildman–Crippen LogP) is 2.21. The Balaban J connectivity index is 2.18. The fourth-order valence-corrected chi connectivity index (χ4v) is 3.19. The van der Waals surface area contributed by atoms with Crippen molar-refractivity contribution in [3.8, 4) is 5.75 Å². The van der Waals surface area contributed by atoms with Crippen LogP contribution in [0.3, 0.4) is 0 Å². The highest BCUT2D eigenvalue weighted by Gasteiger charge is 2.22. The van der Waals surface area contributed by atoms with E-state index >= 15 is 0 Å². The summed E-state index contributed by atoms with van der Waals surface area (Å²) in [6, 6.07) is 0.334. The summed E-state index contributed by atoms with van der Waals surface area (Å²) in [5.41, 5.74) is 1.06. The number of benzene rings is 1. The number of ether oxygens (including phenoxy) is 1. The lowest BCUT2D eigenvalue weighted by Crippen LogP contribution is -2.26. The van der Waals surface area contributed by atoms with Gasteiger partial charge in [-0.3, -0.25) is 5.32 Å². The number of rotatable bonds is 2. The Labute approximate surface area is 132 Å². The molecule has 6 nitrogen and oxygen atoms in total. The molecule has 118 valence electrons. The highest BCUT2D eigenvalue weighted by molar-refractivity contribution is 9.10. The van der Waals surface area contributed by atoms with Crippen molar-refractivity contribution in [1.29, 1.82) is 0 Å². The molecule has 0 aromatic heterocycles. The van der Waals surface area contributed by atoms with E-state index in [-0.39, 0.29) is 5.82 Å². The Morgan fingerprint density at radius 1 is 1.32 bits per heavy atom. The lowest BCUT2D eigenvalue weighted by molar-refractivity contribution is 0.198. The van der Waals surface area contributed by atoms with Crippen molar-refractivity contribution in [3.05, 3.63) is 39.2 Å². The molecule has 0 fully saturated rings. The van der Waals surface area contributed by atoms with Crippen LogP contribution in [0.15, 0.2) is 26.8 Å². The van der Waals surface area contributed by atoms with Crippen LogP contribution in [0.1, 0.15) is 0 Å². The van der Waals surface area contributed by atoms with Crippen molar-refractivity contribution in [2.24, 2.45) is 4.99 Å². The van der Waals surface area contributed by atoms with Gasteiger partial charge in [0.25, 0.3) is 0 Å². The molecule has 1 heterocycles. The minimum absolute atomic E-state index is 0.153. The van der Waals surface area contributed by atoms with Crippen LogP contribution in [0.2, 0.25) is 0 Å². The Morgan fingerprint density at radius 2 is 2.00 bits per heavy atom. The monoisotopic (exact) mass is 416 g/mol. The van der Waals surface area contributed by atoms with Gasteiger partial charge in [-0.2, -0.15) is 8.42 Å². The van der Waals surface area contributed by atoms with Crippen molar-refractivity contribution >= 4 is 46.3 Å². The molecular weight excluding hydrogens is 413 g/mol. The number of nitrogens with zero attached hydrogens (tertiary/aromatic N) is 1. The van der Waals surface area contributed by atoms with Crippen LogP contribution in [0.5, 0.6) is 5.75 Å². The third-order valence-corrected chi connectivity index (χ3v) is 5.48. The van der Waals surface area contributed by atoms with E-state index in [0.29, 0.717) is 6.07 Å². The largest absolute Gasteiger partial charge is 0.418 e.